The summed E-state index contributed by atoms with van der Waals surface area (Å²) in [5.74, 6) is -0.797. The van der Waals surface area contributed by atoms with Gasteiger partial charge in [-0.05, 0) is 26.7 Å². The molecule has 0 bridgehead atoms. The van der Waals surface area contributed by atoms with Crippen LogP contribution in [0.25, 0.3) is 0 Å². The van der Waals surface area contributed by atoms with Crippen molar-refractivity contribution in [2.75, 3.05) is 0 Å². The Morgan fingerprint density at radius 3 is 2.54 bits per heavy atom. The molecule has 0 saturated heterocycles. The van der Waals surface area contributed by atoms with E-state index >= 15 is 0 Å². The second-order valence-electron chi connectivity index (χ2n) is 3.70. The minimum Gasteiger partial charge on any atom is -0.502 e. The molecule has 0 aromatic carbocycles. The lowest BCUT2D eigenvalue weighted by atomic mass is 9.92. The van der Waals surface area contributed by atoms with Crippen molar-refractivity contribution in [3.8, 4) is 0 Å². The first-order valence-corrected chi connectivity index (χ1v) is 4.65. The number of esters is 1. The summed E-state index contributed by atoms with van der Waals surface area (Å²) in [4.78, 5) is 11.0. The summed E-state index contributed by atoms with van der Waals surface area (Å²) in [5, 5.41) is 9.31. The van der Waals surface area contributed by atoms with Gasteiger partial charge in [0.2, 0.25) is 5.76 Å². The van der Waals surface area contributed by atoms with Gasteiger partial charge in [0.1, 0.15) is 5.60 Å². The van der Waals surface area contributed by atoms with E-state index in [1.54, 1.807) is 6.92 Å². The smallest absolute Gasteiger partial charge is 0.374 e. The molecule has 0 aromatic heterocycles. The highest BCUT2D eigenvalue weighted by Gasteiger charge is 2.41. The topological polar surface area (TPSA) is 46.5 Å². The molecule has 1 aliphatic rings. The standard InChI is InChI=1S/C10H16O3/c1-4-5-6-10(3)7(2)8(11)9(12)13-10/h11H,4-6H2,1-3H3/t10-/m0/s1. The van der Waals surface area contributed by atoms with Gasteiger partial charge in [0.15, 0.2) is 0 Å². The fourth-order valence-corrected chi connectivity index (χ4v) is 1.49. The highest BCUT2D eigenvalue weighted by Crippen LogP contribution is 2.35. The van der Waals surface area contributed by atoms with E-state index in [9.17, 15) is 9.90 Å². The van der Waals surface area contributed by atoms with E-state index in [0.717, 1.165) is 19.3 Å². The summed E-state index contributed by atoms with van der Waals surface area (Å²) in [6.45, 7) is 5.67. The Kier molecular flexibility index (Phi) is 2.64. The molecule has 74 valence electrons. The van der Waals surface area contributed by atoms with Crippen LogP contribution in [0.5, 0.6) is 0 Å². The average molecular weight is 184 g/mol. The second-order valence-corrected chi connectivity index (χ2v) is 3.70. The van der Waals surface area contributed by atoms with Crippen LogP contribution in [0.3, 0.4) is 0 Å². The molecule has 1 atom stereocenters. The maximum absolute atomic E-state index is 11.0. The van der Waals surface area contributed by atoms with E-state index in [-0.39, 0.29) is 5.76 Å². The molecule has 3 heteroatoms. The number of hydrogen-bond acceptors (Lipinski definition) is 3. The summed E-state index contributed by atoms with van der Waals surface area (Å²) < 4.78 is 5.11. The summed E-state index contributed by atoms with van der Waals surface area (Å²) in [5.41, 5.74) is 0.0860. The van der Waals surface area contributed by atoms with E-state index in [2.05, 4.69) is 6.92 Å². The number of carbonyl (C=O) groups excluding carboxylic acids is 1. The zero-order chi connectivity index (χ0) is 10.1. The highest BCUT2D eigenvalue weighted by atomic mass is 16.6. The Bertz CT molecular complexity index is 255. The van der Waals surface area contributed by atoms with Crippen molar-refractivity contribution in [1.82, 2.24) is 0 Å². The molecule has 0 aliphatic carbocycles. The van der Waals surface area contributed by atoms with Crippen LogP contribution in [0.1, 0.15) is 40.0 Å². The molecule has 1 N–H and O–H groups in total. The van der Waals surface area contributed by atoms with Crippen molar-refractivity contribution in [2.24, 2.45) is 0 Å². The van der Waals surface area contributed by atoms with Crippen LogP contribution in [-0.2, 0) is 9.53 Å². The minimum atomic E-state index is -0.587. The monoisotopic (exact) mass is 184 g/mol. The lowest BCUT2D eigenvalue weighted by molar-refractivity contribution is -0.148. The Morgan fingerprint density at radius 1 is 1.54 bits per heavy atom. The Hall–Kier alpha value is -0.990. The Labute approximate surface area is 78.4 Å². The van der Waals surface area contributed by atoms with Crippen LogP contribution in [0.15, 0.2) is 11.3 Å². The van der Waals surface area contributed by atoms with Gasteiger partial charge in [-0.15, -0.1) is 0 Å². The molecule has 0 fully saturated rings. The number of ether oxygens (including phenoxy) is 1. The van der Waals surface area contributed by atoms with E-state index < -0.39 is 11.6 Å². The fourth-order valence-electron chi connectivity index (χ4n) is 1.49. The molecule has 1 heterocycles. The van der Waals surface area contributed by atoms with Gasteiger partial charge < -0.3 is 9.84 Å². The lowest BCUT2D eigenvalue weighted by Gasteiger charge is -2.23. The Morgan fingerprint density at radius 2 is 2.15 bits per heavy atom. The molecule has 1 rings (SSSR count). The maximum Gasteiger partial charge on any atom is 0.374 e. The molecular formula is C10H16O3. The lowest BCUT2D eigenvalue weighted by Crippen LogP contribution is -2.26. The summed E-state index contributed by atoms with van der Waals surface area (Å²) in [6, 6.07) is 0. The van der Waals surface area contributed by atoms with Gasteiger partial charge >= 0.3 is 5.97 Å². The SMILES string of the molecule is CCCC[C@]1(C)OC(=O)C(O)=C1C. The molecule has 0 unspecified atom stereocenters. The van der Waals surface area contributed by atoms with E-state index in [1.807, 2.05) is 6.92 Å². The predicted octanol–water partition coefficient (Wildman–Crippen LogP) is 2.32. The third-order valence-electron chi connectivity index (χ3n) is 2.67. The van der Waals surface area contributed by atoms with Crippen molar-refractivity contribution in [3.05, 3.63) is 11.3 Å². The first kappa shape index (κ1) is 10.1. The normalized spacial score (nSPS) is 28.1. The first-order valence-electron chi connectivity index (χ1n) is 4.65. The molecule has 3 nitrogen and oxygen atoms in total. The van der Waals surface area contributed by atoms with Crippen molar-refractivity contribution in [2.45, 2.75) is 45.6 Å². The first-order chi connectivity index (χ1) is 6.01. The average Bonchev–Trinajstić information content (AvgIpc) is 2.28. The number of aliphatic hydroxyl groups excluding tert-OH is 1. The van der Waals surface area contributed by atoms with Crippen molar-refractivity contribution in [1.29, 1.82) is 0 Å². The van der Waals surface area contributed by atoms with Gasteiger partial charge in [0, 0.05) is 5.57 Å². The second kappa shape index (κ2) is 3.40. The fraction of sp³-hybridized carbons (Fsp3) is 0.700. The zero-order valence-electron chi connectivity index (χ0n) is 8.39. The molecule has 0 radical (unpaired) electrons. The minimum absolute atomic E-state index is 0.210. The van der Waals surface area contributed by atoms with Crippen LogP contribution < -0.4 is 0 Å². The van der Waals surface area contributed by atoms with Crippen LogP contribution in [0, 0.1) is 0 Å². The molecule has 0 spiro atoms. The Balaban J connectivity index is 2.77. The number of cyclic esters (lactones) is 1. The van der Waals surface area contributed by atoms with Crippen LogP contribution >= 0.6 is 0 Å². The van der Waals surface area contributed by atoms with Crippen LogP contribution in [0.2, 0.25) is 0 Å². The molecule has 0 aromatic rings. The number of carbonyl (C=O) groups is 1. The van der Waals surface area contributed by atoms with Gasteiger partial charge in [-0.1, -0.05) is 13.3 Å². The molecule has 0 amide bonds. The number of aliphatic hydroxyl groups is 1. The molecule has 13 heavy (non-hydrogen) atoms. The van der Waals surface area contributed by atoms with Crippen molar-refractivity contribution < 1.29 is 14.6 Å². The largest absolute Gasteiger partial charge is 0.502 e. The quantitative estimate of drug-likeness (QED) is 0.685. The highest BCUT2D eigenvalue weighted by molar-refractivity contribution is 5.90. The van der Waals surface area contributed by atoms with Crippen LogP contribution in [0.4, 0.5) is 0 Å². The van der Waals surface area contributed by atoms with Crippen molar-refractivity contribution >= 4 is 5.97 Å². The summed E-state index contributed by atoms with van der Waals surface area (Å²) in [6.07, 6.45) is 2.83. The molecular weight excluding hydrogens is 168 g/mol. The third-order valence-corrected chi connectivity index (χ3v) is 2.67. The van der Waals surface area contributed by atoms with Crippen LogP contribution in [-0.4, -0.2) is 16.7 Å². The summed E-state index contributed by atoms with van der Waals surface area (Å²) >= 11 is 0. The van der Waals surface area contributed by atoms with Crippen molar-refractivity contribution in [3.63, 3.8) is 0 Å². The maximum atomic E-state index is 11.0. The van der Waals surface area contributed by atoms with E-state index in [0.29, 0.717) is 5.57 Å². The number of hydrogen-bond donors (Lipinski definition) is 1. The van der Waals surface area contributed by atoms with Gasteiger partial charge in [-0.25, -0.2) is 4.79 Å². The van der Waals surface area contributed by atoms with Gasteiger partial charge in [0.05, 0.1) is 0 Å². The third kappa shape index (κ3) is 1.69. The van der Waals surface area contributed by atoms with Gasteiger partial charge in [-0.3, -0.25) is 0 Å². The summed E-state index contributed by atoms with van der Waals surface area (Å²) in [7, 11) is 0. The van der Waals surface area contributed by atoms with Gasteiger partial charge in [-0.2, -0.15) is 0 Å². The number of rotatable bonds is 3. The number of unbranched alkanes of at least 4 members (excludes halogenated alkanes) is 1. The molecule has 1 aliphatic heterocycles. The van der Waals surface area contributed by atoms with E-state index in [1.165, 1.54) is 0 Å². The van der Waals surface area contributed by atoms with E-state index in [4.69, 9.17) is 4.74 Å². The van der Waals surface area contributed by atoms with Gasteiger partial charge in [0.25, 0.3) is 0 Å². The predicted molar refractivity (Wildman–Crippen MR) is 49.4 cm³/mol. The molecule has 0 saturated carbocycles. The zero-order valence-corrected chi connectivity index (χ0v) is 8.39.